The van der Waals surface area contributed by atoms with E-state index in [1.54, 1.807) is 12.5 Å². The van der Waals surface area contributed by atoms with E-state index >= 15 is 0 Å². The molecule has 0 aliphatic carbocycles. The fraction of sp³-hybridized carbons (Fsp3) is 0.158. The topological polar surface area (TPSA) is 81.7 Å². The van der Waals surface area contributed by atoms with Crippen molar-refractivity contribution < 1.29 is 19.0 Å². The van der Waals surface area contributed by atoms with Gasteiger partial charge in [-0.2, -0.15) is 0 Å². The highest BCUT2D eigenvalue weighted by Gasteiger charge is 2.15. The molecule has 138 valence electrons. The molecule has 2 N–H and O–H groups in total. The molecule has 1 aliphatic heterocycles. The van der Waals surface area contributed by atoms with Gasteiger partial charge in [-0.15, -0.1) is 11.3 Å². The zero-order valence-corrected chi connectivity index (χ0v) is 15.3. The molecule has 0 atom stereocenters. The van der Waals surface area contributed by atoms with Gasteiger partial charge >= 0.3 is 0 Å². The minimum Gasteiger partial charge on any atom is -0.497 e. The highest BCUT2D eigenvalue weighted by molar-refractivity contribution is 7.14. The van der Waals surface area contributed by atoms with Crippen molar-refractivity contribution in [3.05, 3.63) is 59.1 Å². The van der Waals surface area contributed by atoms with Crippen LogP contribution in [0.3, 0.4) is 0 Å². The van der Waals surface area contributed by atoms with Crippen molar-refractivity contribution in [3.63, 3.8) is 0 Å². The molecule has 4 rings (SSSR count). The molecule has 3 aromatic rings. The van der Waals surface area contributed by atoms with Crippen molar-refractivity contribution in [1.29, 1.82) is 0 Å². The van der Waals surface area contributed by atoms with E-state index in [1.165, 1.54) is 11.3 Å². The summed E-state index contributed by atoms with van der Waals surface area (Å²) in [6.07, 6.45) is 0. The van der Waals surface area contributed by atoms with Crippen LogP contribution in [0.2, 0.25) is 0 Å². The molecule has 0 spiro atoms. The summed E-state index contributed by atoms with van der Waals surface area (Å²) >= 11 is 1.36. The van der Waals surface area contributed by atoms with Crippen LogP contribution in [0.25, 0.3) is 0 Å². The quantitative estimate of drug-likeness (QED) is 0.677. The summed E-state index contributed by atoms with van der Waals surface area (Å²) in [4.78, 5) is 16.6. The number of methoxy groups -OCH3 is 1. The Bertz CT molecular complexity index is 956. The van der Waals surface area contributed by atoms with Crippen LogP contribution >= 0.6 is 11.3 Å². The molecule has 8 heteroatoms. The number of benzene rings is 2. The Morgan fingerprint density at radius 1 is 1.19 bits per heavy atom. The first kappa shape index (κ1) is 17.2. The number of anilines is 2. The van der Waals surface area contributed by atoms with Gasteiger partial charge in [0.15, 0.2) is 16.6 Å². The molecule has 0 saturated carbocycles. The van der Waals surface area contributed by atoms with Gasteiger partial charge in [0.2, 0.25) is 6.79 Å². The second-order valence-corrected chi connectivity index (χ2v) is 6.62. The minimum absolute atomic E-state index is 0.221. The number of fused-ring (bicyclic) bond motifs is 1. The Morgan fingerprint density at radius 3 is 2.81 bits per heavy atom. The third-order valence-corrected chi connectivity index (χ3v) is 4.73. The van der Waals surface area contributed by atoms with Gasteiger partial charge in [-0.1, -0.05) is 12.1 Å². The highest BCUT2D eigenvalue weighted by Crippen LogP contribution is 2.35. The zero-order valence-electron chi connectivity index (χ0n) is 14.5. The number of rotatable bonds is 6. The van der Waals surface area contributed by atoms with Crippen LogP contribution in [0.1, 0.15) is 16.1 Å². The van der Waals surface area contributed by atoms with Gasteiger partial charge in [-0.25, -0.2) is 4.98 Å². The molecule has 0 radical (unpaired) electrons. The summed E-state index contributed by atoms with van der Waals surface area (Å²) in [7, 11) is 1.62. The Labute approximate surface area is 159 Å². The number of nitrogens with one attached hydrogen (secondary N) is 2. The van der Waals surface area contributed by atoms with E-state index in [4.69, 9.17) is 14.2 Å². The number of ether oxygens (including phenoxy) is 3. The van der Waals surface area contributed by atoms with Crippen LogP contribution in [0.5, 0.6) is 17.2 Å². The minimum atomic E-state index is -0.221. The Hall–Kier alpha value is -3.26. The highest BCUT2D eigenvalue weighted by atomic mass is 32.1. The molecule has 1 aromatic heterocycles. The number of carbonyl (C=O) groups is 1. The van der Waals surface area contributed by atoms with Crippen molar-refractivity contribution >= 4 is 28.1 Å². The largest absolute Gasteiger partial charge is 0.497 e. The SMILES string of the molecule is COc1ccc(CNC(=O)c2csc(Nc3ccc4c(c3)OCO4)n2)cc1. The molecule has 1 aliphatic rings. The maximum absolute atomic E-state index is 12.3. The molecule has 2 aromatic carbocycles. The zero-order chi connectivity index (χ0) is 18.6. The van der Waals surface area contributed by atoms with Crippen molar-refractivity contribution in [3.8, 4) is 17.2 Å². The second-order valence-electron chi connectivity index (χ2n) is 5.76. The lowest BCUT2D eigenvalue weighted by Gasteiger charge is -2.05. The van der Waals surface area contributed by atoms with Gasteiger partial charge in [-0.05, 0) is 29.8 Å². The van der Waals surface area contributed by atoms with Crippen molar-refractivity contribution in [2.75, 3.05) is 19.2 Å². The number of hydrogen-bond donors (Lipinski definition) is 2. The first-order valence-electron chi connectivity index (χ1n) is 8.24. The summed E-state index contributed by atoms with van der Waals surface area (Å²) < 4.78 is 15.8. The molecule has 0 fully saturated rings. The smallest absolute Gasteiger partial charge is 0.271 e. The summed E-state index contributed by atoms with van der Waals surface area (Å²) in [6.45, 7) is 0.653. The first-order valence-corrected chi connectivity index (χ1v) is 9.12. The molecular formula is C19H17N3O4S. The number of nitrogens with zero attached hydrogens (tertiary/aromatic N) is 1. The molecule has 0 saturated heterocycles. The average molecular weight is 383 g/mol. The van der Waals surface area contributed by atoms with Gasteiger partial charge in [0.05, 0.1) is 7.11 Å². The predicted octanol–water partition coefficient (Wildman–Crippen LogP) is 3.55. The van der Waals surface area contributed by atoms with Crippen molar-refractivity contribution in [2.24, 2.45) is 0 Å². The molecule has 7 nitrogen and oxygen atoms in total. The summed E-state index contributed by atoms with van der Waals surface area (Å²) in [5.74, 6) is 1.97. The van der Waals surface area contributed by atoms with Crippen LogP contribution < -0.4 is 24.8 Å². The summed E-state index contributed by atoms with van der Waals surface area (Å²) in [5, 5.41) is 8.39. The van der Waals surface area contributed by atoms with E-state index in [0.717, 1.165) is 22.7 Å². The Balaban J connectivity index is 1.36. The van der Waals surface area contributed by atoms with Crippen LogP contribution in [0, 0.1) is 0 Å². The van der Waals surface area contributed by atoms with Crippen LogP contribution in [-0.4, -0.2) is 24.8 Å². The van der Waals surface area contributed by atoms with Gasteiger partial charge in [0, 0.05) is 23.7 Å². The fourth-order valence-corrected chi connectivity index (χ4v) is 3.26. The fourth-order valence-electron chi connectivity index (χ4n) is 2.55. The number of aromatic nitrogens is 1. The monoisotopic (exact) mass is 383 g/mol. The third-order valence-electron chi connectivity index (χ3n) is 3.97. The normalized spacial score (nSPS) is 11.9. The lowest BCUT2D eigenvalue weighted by Crippen LogP contribution is -2.23. The Morgan fingerprint density at radius 2 is 2.00 bits per heavy atom. The molecular weight excluding hydrogens is 366 g/mol. The van der Waals surface area contributed by atoms with Gasteiger partial charge in [0.1, 0.15) is 11.4 Å². The molecule has 0 unspecified atom stereocenters. The maximum Gasteiger partial charge on any atom is 0.271 e. The van der Waals surface area contributed by atoms with E-state index < -0.39 is 0 Å². The predicted molar refractivity (Wildman–Crippen MR) is 102 cm³/mol. The second kappa shape index (κ2) is 7.55. The molecule has 2 heterocycles. The average Bonchev–Trinajstić information content (AvgIpc) is 3.35. The summed E-state index contributed by atoms with van der Waals surface area (Å²) in [6, 6.07) is 13.1. The molecule has 1 amide bonds. The van der Waals surface area contributed by atoms with E-state index in [0.29, 0.717) is 23.1 Å². The van der Waals surface area contributed by atoms with Crippen LogP contribution in [-0.2, 0) is 6.54 Å². The maximum atomic E-state index is 12.3. The summed E-state index contributed by atoms with van der Waals surface area (Å²) in [5.41, 5.74) is 2.17. The van der Waals surface area contributed by atoms with E-state index in [-0.39, 0.29) is 12.7 Å². The third kappa shape index (κ3) is 3.95. The number of hydrogen-bond acceptors (Lipinski definition) is 7. The standard InChI is InChI=1S/C19H17N3O4S/c1-24-14-5-2-12(3-6-14)9-20-18(23)15-10-27-19(22-15)21-13-4-7-16-17(8-13)26-11-25-16/h2-8,10H,9,11H2,1H3,(H,20,23)(H,21,22). The van der Waals surface area contributed by atoms with E-state index in [9.17, 15) is 4.79 Å². The van der Waals surface area contributed by atoms with Gasteiger partial charge < -0.3 is 24.8 Å². The van der Waals surface area contributed by atoms with Gasteiger partial charge in [0.25, 0.3) is 5.91 Å². The van der Waals surface area contributed by atoms with E-state index in [2.05, 4.69) is 15.6 Å². The van der Waals surface area contributed by atoms with Crippen molar-refractivity contribution in [2.45, 2.75) is 6.54 Å². The number of carbonyl (C=O) groups excluding carboxylic acids is 1. The first-order chi connectivity index (χ1) is 13.2. The molecule has 0 bridgehead atoms. The van der Waals surface area contributed by atoms with Gasteiger partial charge in [-0.3, -0.25) is 4.79 Å². The van der Waals surface area contributed by atoms with Crippen LogP contribution in [0.4, 0.5) is 10.8 Å². The Kier molecular flexibility index (Phi) is 4.80. The van der Waals surface area contributed by atoms with Crippen LogP contribution in [0.15, 0.2) is 47.8 Å². The number of thiazole rings is 1. The lowest BCUT2D eigenvalue weighted by atomic mass is 10.2. The molecule has 27 heavy (non-hydrogen) atoms. The van der Waals surface area contributed by atoms with E-state index in [1.807, 2.05) is 42.5 Å². The van der Waals surface area contributed by atoms with Crippen molar-refractivity contribution in [1.82, 2.24) is 10.3 Å². The number of amides is 1. The lowest BCUT2D eigenvalue weighted by molar-refractivity contribution is 0.0946.